The molecule has 27 heteroatoms. The van der Waals surface area contributed by atoms with Gasteiger partial charge in [0, 0.05) is 0 Å². The smallest absolute Gasteiger partial charge is 0.394 e. The van der Waals surface area contributed by atoms with Crippen LogP contribution in [-0.2, 0) is 4.74 Å². The van der Waals surface area contributed by atoms with Gasteiger partial charge in [0.05, 0.1) is 13.2 Å². The summed E-state index contributed by atoms with van der Waals surface area (Å²) >= 11 is 0. The molecule has 0 aromatic heterocycles. The largest absolute Gasteiger partial charge is 0.460 e. The van der Waals surface area contributed by atoms with Crippen LogP contribution in [0.5, 0.6) is 0 Å². The van der Waals surface area contributed by atoms with E-state index in [0.717, 1.165) is 0 Å². The summed E-state index contributed by atoms with van der Waals surface area (Å²) in [5, 5.41) is 44.8. The Morgan fingerprint density at radius 3 is 0.907 bits per heavy atom. The fourth-order valence-electron chi connectivity index (χ4n) is 2.60. The molecule has 4 unspecified atom stereocenters. The molecule has 0 aromatic carbocycles. The van der Waals surface area contributed by atoms with Crippen molar-refractivity contribution in [3.63, 3.8) is 0 Å². The van der Waals surface area contributed by atoms with Crippen LogP contribution in [0.3, 0.4) is 0 Å². The fraction of sp³-hybridized carbons (Fsp3) is 1.00. The zero-order valence-electron chi connectivity index (χ0n) is 19.3. The molecule has 260 valence electrons. The number of rotatable bonds is 15. The van der Waals surface area contributed by atoms with E-state index in [2.05, 4.69) is 4.74 Å². The first-order valence-corrected chi connectivity index (χ1v) is 9.88. The second-order valence-electron chi connectivity index (χ2n) is 8.18. The molecule has 0 aliphatic heterocycles. The van der Waals surface area contributed by atoms with Gasteiger partial charge in [-0.05, 0) is 0 Å². The first kappa shape index (κ1) is 41.3. The second kappa shape index (κ2) is 11.6. The summed E-state index contributed by atoms with van der Waals surface area (Å²) in [5.41, 5.74) is 0. The summed E-state index contributed by atoms with van der Waals surface area (Å²) in [4.78, 5) is 0. The van der Waals surface area contributed by atoms with Crippen molar-refractivity contribution in [1.82, 2.24) is 0 Å². The number of ether oxygens (including phenoxy) is 1. The van der Waals surface area contributed by atoms with Gasteiger partial charge in [0.2, 0.25) is 0 Å². The van der Waals surface area contributed by atoms with E-state index in [1.54, 1.807) is 0 Å². The Balaban J connectivity index is 7.11. The molecule has 0 saturated carbocycles. The molecular formula is C16H13F21O6. The molecule has 0 bridgehead atoms. The van der Waals surface area contributed by atoms with E-state index in [4.69, 9.17) is 15.3 Å². The summed E-state index contributed by atoms with van der Waals surface area (Å²) in [7, 11) is 0. The number of hydrogen-bond donors (Lipinski definition) is 5. The SMILES string of the molecule is OCC(O)C(O)C(OC(F)(F)C(F)(F)C(F)(F)C(F)(F)C(F)(F)C(F)(F)C(F)(F)C(F)(F)C(F)(F)C(F)(F)F)C(O)CO. The average molecular weight is 700 g/mol. The predicted octanol–water partition coefficient (Wildman–Crippen LogP) is 3.68. The van der Waals surface area contributed by atoms with E-state index in [-0.39, 0.29) is 0 Å². The number of aliphatic hydroxyl groups is 5. The highest BCUT2D eigenvalue weighted by molar-refractivity contribution is 5.17. The van der Waals surface area contributed by atoms with Crippen LogP contribution in [0.25, 0.3) is 0 Å². The van der Waals surface area contributed by atoms with Gasteiger partial charge in [-0.15, -0.1) is 0 Å². The predicted molar refractivity (Wildman–Crippen MR) is 87.6 cm³/mol. The van der Waals surface area contributed by atoms with Crippen molar-refractivity contribution in [1.29, 1.82) is 0 Å². The van der Waals surface area contributed by atoms with Gasteiger partial charge in [0.1, 0.15) is 24.4 Å². The number of halogens is 21. The minimum Gasteiger partial charge on any atom is -0.394 e. The lowest BCUT2D eigenvalue weighted by molar-refractivity contribution is -0.488. The lowest BCUT2D eigenvalue weighted by Crippen LogP contribution is -2.77. The Morgan fingerprint density at radius 1 is 0.395 bits per heavy atom. The van der Waals surface area contributed by atoms with Crippen LogP contribution in [0, 0.1) is 0 Å². The fourth-order valence-corrected chi connectivity index (χ4v) is 2.60. The van der Waals surface area contributed by atoms with E-state index in [0.29, 0.717) is 0 Å². The van der Waals surface area contributed by atoms with Gasteiger partial charge in [-0.2, -0.15) is 92.2 Å². The monoisotopic (exact) mass is 700 g/mol. The van der Waals surface area contributed by atoms with Crippen molar-refractivity contribution in [2.24, 2.45) is 0 Å². The molecule has 0 heterocycles. The van der Waals surface area contributed by atoms with Gasteiger partial charge in [0.15, 0.2) is 0 Å². The van der Waals surface area contributed by atoms with Gasteiger partial charge >= 0.3 is 59.7 Å². The van der Waals surface area contributed by atoms with Crippen LogP contribution in [0.1, 0.15) is 0 Å². The van der Waals surface area contributed by atoms with E-state index in [9.17, 15) is 102 Å². The molecule has 0 amide bonds. The second-order valence-corrected chi connectivity index (χ2v) is 8.18. The molecule has 0 fully saturated rings. The molecule has 6 nitrogen and oxygen atoms in total. The Kier molecular flexibility index (Phi) is 11.1. The third kappa shape index (κ3) is 5.87. The van der Waals surface area contributed by atoms with Gasteiger partial charge in [-0.1, -0.05) is 0 Å². The van der Waals surface area contributed by atoms with Crippen molar-refractivity contribution in [2.45, 2.75) is 84.1 Å². The third-order valence-electron chi connectivity index (χ3n) is 5.25. The van der Waals surface area contributed by atoms with E-state index in [1.165, 1.54) is 0 Å². The molecule has 0 radical (unpaired) electrons. The first-order valence-electron chi connectivity index (χ1n) is 9.88. The van der Waals surface area contributed by atoms with E-state index < -0.39 is 97.3 Å². The number of aliphatic hydroxyl groups excluding tert-OH is 5. The molecule has 0 rings (SSSR count). The zero-order valence-corrected chi connectivity index (χ0v) is 19.3. The van der Waals surface area contributed by atoms with Crippen LogP contribution in [-0.4, -0.2) is 123 Å². The molecule has 5 N–H and O–H groups in total. The highest BCUT2D eigenvalue weighted by Crippen LogP contribution is 2.66. The van der Waals surface area contributed by atoms with E-state index in [1.807, 2.05) is 0 Å². The Bertz CT molecular complexity index is 950. The summed E-state index contributed by atoms with van der Waals surface area (Å²) in [6.45, 7) is -3.91. The van der Waals surface area contributed by atoms with Crippen molar-refractivity contribution in [3.8, 4) is 0 Å². The Labute approximate surface area is 221 Å². The summed E-state index contributed by atoms with van der Waals surface area (Å²) in [5.74, 6) is -72.4. The third-order valence-corrected chi connectivity index (χ3v) is 5.25. The summed E-state index contributed by atoms with van der Waals surface area (Å²) in [6, 6.07) is 0. The minimum atomic E-state index is -9.38. The van der Waals surface area contributed by atoms with Gasteiger partial charge in [-0.3, -0.25) is 0 Å². The molecule has 0 spiro atoms. The normalized spacial score (nSPS) is 18.8. The highest BCUT2D eigenvalue weighted by Gasteiger charge is 2.98. The zero-order chi connectivity index (χ0) is 35.4. The van der Waals surface area contributed by atoms with Crippen LogP contribution >= 0.6 is 0 Å². The minimum absolute atomic E-state index is 1.83. The van der Waals surface area contributed by atoms with Crippen LogP contribution < -0.4 is 0 Å². The van der Waals surface area contributed by atoms with Crippen molar-refractivity contribution in [3.05, 3.63) is 0 Å². The highest BCUT2D eigenvalue weighted by atomic mass is 19.4. The summed E-state index contributed by atoms with van der Waals surface area (Å²) < 4.78 is 283. The quantitative estimate of drug-likeness (QED) is 0.167. The average Bonchev–Trinajstić information content (AvgIpc) is 2.83. The molecule has 0 aliphatic rings. The Morgan fingerprint density at radius 2 is 0.651 bits per heavy atom. The topological polar surface area (TPSA) is 110 Å². The standard InChI is InChI=1S/C16H13F21O6/c17-7(18,9(21,22)11(25,26)13(29,30)15(33,34)35)8(19,20)10(23,24)12(27,28)14(31,32)16(36,37)43-6(4(41)2-39)5(42)3(40)1-38/h3-6,38-42H,1-2H2. The van der Waals surface area contributed by atoms with Crippen molar-refractivity contribution >= 4 is 0 Å². The van der Waals surface area contributed by atoms with Crippen LogP contribution in [0.15, 0.2) is 0 Å². The maximum absolute atomic E-state index is 13.9. The van der Waals surface area contributed by atoms with Crippen LogP contribution in [0.4, 0.5) is 92.2 Å². The van der Waals surface area contributed by atoms with E-state index >= 15 is 0 Å². The molecule has 0 aromatic rings. The molecule has 0 aliphatic carbocycles. The molecule has 4 atom stereocenters. The Hall–Kier alpha value is -1.71. The molecular weight excluding hydrogens is 687 g/mol. The first-order chi connectivity index (χ1) is 18.5. The summed E-state index contributed by atoms with van der Waals surface area (Å²) in [6.07, 6.45) is -29.3. The van der Waals surface area contributed by atoms with Crippen LogP contribution in [0.2, 0.25) is 0 Å². The lowest BCUT2D eigenvalue weighted by atomic mass is 9.87. The number of hydrogen-bond acceptors (Lipinski definition) is 6. The maximum Gasteiger partial charge on any atom is 0.460 e. The number of alkyl halides is 21. The van der Waals surface area contributed by atoms with Crippen molar-refractivity contribution in [2.75, 3.05) is 13.2 Å². The van der Waals surface area contributed by atoms with Gasteiger partial charge < -0.3 is 30.3 Å². The molecule has 43 heavy (non-hydrogen) atoms. The lowest BCUT2D eigenvalue weighted by Gasteiger charge is -2.44. The van der Waals surface area contributed by atoms with Gasteiger partial charge in [-0.25, -0.2) is 0 Å². The maximum atomic E-state index is 13.9. The van der Waals surface area contributed by atoms with Crippen molar-refractivity contribution < 1.29 is 122 Å². The molecule has 0 saturated heterocycles. The van der Waals surface area contributed by atoms with Gasteiger partial charge in [0.25, 0.3) is 0 Å².